The molecule has 112 valence electrons. The number of hydrogen-bond acceptors (Lipinski definition) is 3. The summed E-state index contributed by atoms with van der Waals surface area (Å²) < 4.78 is 1.58. The van der Waals surface area contributed by atoms with E-state index < -0.39 is 0 Å². The van der Waals surface area contributed by atoms with E-state index >= 15 is 0 Å². The number of aromatic nitrogens is 2. The zero-order valence-electron chi connectivity index (χ0n) is 12.3. The van der Waals surface area contributed by atoms with Gasteiger partial charge in [0.2, 0.25) is 0 Å². The number of rotatable bonds is 3. The largest absolute Gasteiger partial charge is 0.295 e. The van der Waals surface area contributed by atoms with Crippen LogP contribution in [0.2, 0.25) is 5.02 Å². The summed E-state index contributed by atoms with van der Waals surface area (Å²) in [7, 11) is 1.74. The summed E-state index contributed by atoms with van der Waals surface area (Å²) in [5.74, 6) is 1.68. The second-order valence-electron chi connectivity index (χ2n) is 4.92. The lowest BCUT2D eigenvalue weighted by molar-refractivity contribution is 0.855. The van der Waals surface area contributed by atoms with Gasteiger partial charge in [0.15, 0.2) is 0 Å². The van der Waals surface area contributed by atoms with Crippen LogP contribution < -0.4 is 5.56 Å². The maximum Gasteiger partial charge on any atom is 0.261 e. The molecule has 0 spiro atoms. The maximum absolute atomic E-state index is 12.5. The Hall–Kier alpha value is -1.78. The van der Waals surface area contributed by atoms with E-state index in [0.29, 0.717) is 21.7 Å². The van der Waals surface area contributed by atoms with Crippen LogP contribution in [0.4, 0.5) is 0 Å². The molecule has 0 N–H and O–H groups in total. The number of halogens is 1. The Balaban J connectivity index is 2.17. The van der Waals surface area contributed by atoms with Crippen molar-refractivity contribution in [2.45, 2.75) is 11.8 Å². The Morgan fingerprint density at radius 2 is 1.91 bits per heavy atom. The minimum atomic E-state index is -0.0660. The second-order valence-corrected chi connectivity index (χ2v) is 6.69. The highest BCUT2D eigenvalue weighted by molar-refractivity contribution is 7.99. The van der Waals surface area contributed by atoms with Crippen molar-refractivity contribution < 1.29 is 0 Å². The summed E-state index contributed by atoms with van der Waals surface area (Å²) in [6, 6.07) is 13.3. The molecule has 3 nitrogen and oxygen atoms in total. The molecule has 2 aromatic carbocycles. The van der Waals surface area contributed by atoms with E-state index in [4.69, 9.17) is 11.6 Å². The fourth-order valence-corrected chi connectivity index (χ4v) is 3.20. The first-order chi connectivity index (χ1) is 10.6. The minimum absolute atomic E-state index is 0.0660. The molecule has 0 unspecified atom stereocenters. The summed E-state index contributed by atoms with van der Waals surface area (Å²) in [6.07, 6.45) is 0. The van der Waals surface area contributed by atoms with Crippen molar-refractivity contribution in [1.82, 2.24) is 9.55 Å². The molecule has 0 aliphatic carbocycles. The molecule has 0 atom stereocenters. The monoisotopic (exact) mass is 330 g/mol. The second kappa shape index (κ2) is 6.15. The van der Waals surface area contributed by atoms with Crippen LogP contribution in [0.3, 0.4) is 0 Å². The summed E-state index contributed by atoms with van der Waals surface area (Å²) in [5, 5.41) is 1.16. The smallest absolute Gasteiger partial charge is 0.261 e. The molecule has 0 bridgehead atoms. The fourth-order valence-electron chi connectivity index (χ4n) is 2.37. The van der Waals surface area contributed by atoms with Crippen molar-refractivity contribution in [1.29, 1.82) is 0 Å². The van der Waals surface area contributed by atoms with Crippen LogP contribution in [-0.2, 0) is 7.05 Å². The van der Waals surface area contributed by atoms with Gasteiger partial charge in [0.05, 0.1) is 10.9 Å². The molecule has 0 fully saturated rings. The Morgan fingerprint density at radius 3 is 2.59 bits per heavy atom. The summed E-state index contributed by atoms with van der Waals surface area (Å²) in [6.45, 7) is 2.12. The van der Waals surface area contributed by atoms with Crippen LogP contribution in [-0.4, -0.2) is 15.3 Å². The van der Waals surface area contributed by atoms with Crippen molar-refractivity contribution in [3.8, 4) is 11.4 Å². The Bertz CT molecular complexity index is 888. The van der Waals surface area contributed by atoms with Gasteiger partial charge in [-0.15, -0.1) is 11.8 Å². The highest BCUT2D eigenvalue weighted by Gasteiger charge is 2.10. The van der Waals surface area contributed by atoms with Crippen molar-refractivity contribution in [2.24, 2.45) is 7.05 Å². The number of fused-ring (bicyclic) bond motifs is 1. The molecule has 22 heavy (non-hydrogen) atoms. The van der Waals surface area contributed by atoms with E-state index in [1.807, 2.05) is 12.1 Å². The predicted octanol–water partition coefficient (Wildman–Crippen LogP) is 4.37. The lowest BCUT2D eigenvalue weighted by Crippen LogP contribution is -2.20. The third-order valence-corrected chi connectivity index (χ3v) is 4.59. The molecule has 5 heteroatoms. The van der Waals surface area contributed by atoms with Crippen LogP contribution in [0.15, 0.2) is 52.2 Å². The third kappa shape index (κ3) is 2.76. The predicted molar refractivity (Wildman–Crippen MR) is 93.8 cm³/mol. The molecule has 0 amide bonds. The van der Waals surface area contributed by atoms with Gasteiger partial charge < -0.3 is 0 Å². The van der Waals surface area contributed by atoms with E-state index in [1.54, 1.807) is 41.6 Å². The molecule has 0 radical (unpaired) electrons. The zero-order valence-corrected chi connectivity index (χ0v) is 13.9. The van der Waals surface area contributed by atoms with Gasteiger partial charge in [0.1, 0.15) is 5.82 Å². The molecular formula is C17H15ClN2OS. The standard InChI is InChI=1S/C17H15ClN2OS/c1-3-22-13-7-4-11(5-8-13)16-19-15-10-12(18)6-9-14(15)17(21)20(16)2/h4-10H,3H2,1-2H3. The van der Waals surface area contributed by atoms with Crippen LogP contribution in [0.1, 0.15) is 6.92 Å². The molecule has 1 heterocycles. The van der Waals surface area contributed by atoms with Gasteiger partial charge in [0, 0.05) is 22.5 Å². The first-order valence-electron chi connectivity index (χ1n) is 6.99. The number of hydrogen-bond donors (Lipinski definition) is 0. The van der Waals surface area contributed by atoms with E-state index in [-0.39, 0.29) is 5.56 Å². The van der Waals surface area contributed by atoms with E-state index in [1.165, 1.54) is 4.90 Å². The molecule has 0 aliphatic heterocycles. The van der Waals surface area contributed by atoms with Gasteiger partial charge in [-0.1, -0.05) is 30.7 Å². The molecule has 1 aromatic heterocycles. The van der Waals surface area contributed by atoms with Gasteiger partial charge in [0.25, 0.3) is 5.56 Å². The minimum Gasteiger partial charge on any atom is -0.295 e. The van der Waals surface area contributed by atoms with E-state index in [9.17, 15) is 4.79 Å². The Labute approximate surface area is 138 Å². The van der Waals surface area contributed by atoms with Gasteiger partial charge in [-0.05, 0) is 36.1 Å². The van der Waals surface area contributed by atoms with Gasteiger partial charge >= 0.3 is 0 Å². The Kier molecular flexibility index (Phi) is 4.23. The molecule has 0 aliphatic rings. The van der Waals surface area contributed by atoms with E-state index in [2.05, 4.69) is 24.0 Å². The molecule has 3 rings (SSSR count). The van der Waals surface area contributed by atoms with Gasteiger partial charge in [-0.2, -0.15) is 0 Å². The summed E-state index contributed by atoms with van der Waals surface area (Å²) >= 11 is 7.80. The van der Waals surface area contributed by atoms with E-state index in [0.717, 1.165) is 11.3 Å². The summed E-state index contributed by atoms with van der Waals surface area (Å²) in [4.78, 5) is 18.3. The molecule has 3 aromatic rings. The van der Waals surface area contributed by atoms with Crippen molar-refractivity contribution in [2.75, 3.05) is 5.75 Å². The average Bonchev–Trinajstić information content (AvgIpc) is 2.52. The quantitative estimate of drug-likeness (QED) is 0.669. The van der Waals surface area contributed by atoms with Gasteiger partial charge in [-0.25, -0.2) is 4.98 Å². The van der Waals surface area contributed by atoms with Gasteiger partial charge in [-0.3, -0.25) is 9.36 Å². The number of nitrogens with zero attached hydrogens (tertiary/aromatic N) is 2. The lowest BCUT2D eigenvalue weighted by Gasteiger charge is -2.10. The topological polar surface area (TPSA) is 34.9 Å². The SMILES string of the molecule is CCSc1ccc(-c2nc3cc(Cl)ccc3c(=O)n2C)cc1. The van der Waals surface area contributed by atoms with Crippen LogP contribution >= 0.6 is 23.4 Å². The average molecular weight is 331 g/mol. The van der Waals surface area contributed by atoms with Crippen molar-refractivity contribution in [3.63, 3.8) is 0 Å². The zero-order chi connectivity index (χ0) is 15.7. The van der Waals surface area contributed by atoms with Crippen LogP contribution in [0.25, 0.3) is 22.3 Å². The normalized spacial score (nSPS) is 11.0. The first-order valence-corrected chi connectivity index (χ1v) is 8.36. The van der Waals surface area contributed by atoms with Crippen LogP contribution in [0, 0.1) is 0 Å². The highest BCUT2D eigenvalue weighted by Crippen LogP contribution is 2.24. The fraction of sp³-hybridized carbons (Fsp3) is 0.176. The lowest BCUT2D eigenvalue weighted by atomic mass is 10.2. The number of thioether (sulfide) groups is 1. The maximum atomic E-state index is 12.5. The number of benzene rings is 2. The van der Waals surface area contributed by atoms with Crippen molar-refractivity contribution >= 4 is 34.3 Å². The Morgan fingerprint density at radius 1 is 1.18 bits per heavy atom. The molecular weight excluding hydrogens is 316 g/mol. The first kappa shape index (κ1) is 15.1. The third-order valence-electron chi connectivity index (χ3n) is 3.46. The summed E-state index contributed by atoms with van der Waals surface area (Å²) in [5.41, 5.74) is 1.48. The van der Waals surface area contributed by atoms with Crippen molar-refractivity contribution in [3.05, 3.63) is 57.8 Å². The van der Waals surface area contributed by atoms with Crippen LogP contribution in [0.5, 0.6) is 0 Å². The molecule has 0 saturated carbocycles. The highest BCUT2D eigenvalue weighted by atomic mass is 35.5. The molecule has 0 saturated heterocycles.